The molecular weight excluding hydrogens is 226 g/mol. The Bertz CT molecular complexity index is 431. The normalized spacial score (nSPS) is 29.8. The molecule has 0 aromatic carbocycles. The summed E-state index contributed by atoms with van der Waals surface area (Å²) in [5.74, 6) is 1.62. The maximum Gasteiger partial charge on any atom is 0.151 e. The summed E-state index contributed by atoms with van der Waals surface area (Å²) in [5, 5.41) is 8.44. The van der Waals surface area contributed by atoms with Crippen molar-refractivity contribution >= 4 is 5.82 Å². The van der Waals surface area contributed by atoms with E-state index in [-0.39, 0.29) is 0 Å². The fourth-order valence-electron chi connectivity index (χ4n) is 3.18. The zero-order chi connectivity index (χ0) is 12.5. The van der Waals surface area contributed by atoms with Crippen LogP contribution in [0.15, 0.2) is 24.8 Å². The van der Waals surface area contributed by atoms with Crippen molar-refractivity contribution in [1.82, 2.24) is 10.2 Å². The largest absolute Gasteiger partial charge is 0.372 e. The van der Waals surface area contributed by atoms with Crippen LogP contribution in [0.2, 0.25) is 0 Å². The molecule has 4 heteroatoms. The van der Waals surface area contributed by atoms with Crippen molar-refractivity contribution in [3.63, 3.8) is 0 Å². The molecule has 96 valence electrons. The topological polar surface area (TPSA) is 38.2 Å². The zero-order valence-corrected chi connectivity index (χ0v) is 10.7. The number of hydrogen-bond donors (Lipinski definition) is 0. The van der Waals surface area contributed by atoms with Crippen molar-refractivity contribution in [3.05, 3.63) is 30.5 Å². The van der Waals surface area contributed by atoms with Crippen LogP contribution in [0.3, 0.4) is 0 Å². The van der Waals surface area contributed by atoms with Crippen LogP contribution in [0, 0.1) is 12.8 Å². The number of aromatic nitrogens is 2. The van der Waals surface area contributed by atoms with Gasteiger partial charge in [0.2, 0.25) is 0 Å². The first kappa shape index (κ1) is 11.7. The first-order valence-corrected chi connectivity index (χ1v) is 6.59. The van der Waals surface area contributed by atoms with Crippen LogP contribution in [0.4, 0.5) is 5.82 Å². The summed E-state index contributed by atoms with van der Waals surface area (Å²) >= 11 is 0. The van der Waals surface area contributed by atoms with Crippen molar-refractivity contribution in [2.24, 2.45) is 5.92 Å². The molecule has 0 radical (unpaired) electrons. The number of nitrogens with zero attached hydrogens (tertiary/aromatic N) is 3. The van der Waals surface area contributed by atoms with Gasteiger partial charge in [-0.1, -0.05) is 6.08 Å². The summed E-state index contributed by atoms with van der Waals surface area (Å²) < 4.78 is 5.91. The molecule has 1 aromatic rings. The fraction of sp³-hybridized carbons (Fsp3) is 0.571. The molecule has 1 aromatic heterocycles. The molecule has 2 aliphatic rings. The summed E-state index contributed by atoms with van der Waals surface area (Å²) in [7, 11) is 0. The van der Waals surface area contributed by atoms with Crippen LogP contribution in [0.1, 0.15) is 18.5 Å². The number of anilines is 1. The van der Waals surface area contributed by atoms with Gasteiger partial charge in [0, 0.05) is 12.5 Å². The first-order valence-electron chi connectivity index (χ1n) is 6.59. The second kappa shape index (κ2) is 4.69. The molecule has 3 atom stereocenters. The third kappa shape index (κ3) is 1.90. The van der Waals surface area contributed by atoms with Gasteiger partial charge in [-0.2, -0.15) is 5.10 Å². The van der Waals surface area contributed by atoms with Crippen LogP contribution >= 0.6 is 0 Å². The lowest BCUT2D eigenvalue weighted by Gasteiger charge is -2.27. The molecule has 1 aliphatic carbocycles. The highest BCUT2D eigenvalue weighted by Gasteiger charge is 2.48. The zero-order valence-electron chi connectivity index (χ0n) is 10.7. The number of ether oxygens (including phenoxy) is 1. The van der Waals surface area contributed by atoms with E-state index >= 15 is 0 Å². The molecule has 2 heterocycles. The molecule has 3 rings (SSSR count). The van der Waals surface area contributed by atoms with Crippen molar-refractivity contribution < 1.29 is 4.74 Å². The standard InChI is InChI=1S/C14H19N3O/c1-3-8-18-14-11-5-6-12(14)17(9-11)13-7-4-10(2)15-16-13/h3-4,7,11-12,14H,1,5-6,8-9H2,2H3. The quantitative estimate of drug-likeness (QED) is 0.760. The highest BCUT2D eigenvalue weighted by Crippen LogP contribution is 2.41. The summed E-state index contributed by atoms with van der Waals surface area (Å²) in [6.07, 6.45) is 4.63. The third-order valence-electron chi connectivity index (χ3n) is 3.99. The molecule has 4 nitrogen and oxygen atoms in total. The Labute approximate surface area is 108 Å². The van der Waals surface area contributed by atoms with Gasteiger partial charge >= 0.3 is 0 Å². The molecule has 1 aliphatic heterocycles. The SMILES string of the molecule is C=CCOC1C2CCC1N(c1ccc(C)nn1)C2. The van der Waals surface area contributed by atoms with E-state index in [1.165, 1.54) is 12.8 Å². The van der Waals surface area contributed by atoms with E-state index in [9.17, 15) is 0 Å². The molecule has 0 amide bonds. The van der Waals surface area contributed by atoms with Crippen molar-refractivity contribution in [2.75, 3.05) is 18.1 Å². The monoisotopic (exact) mass is 245 g/mol. The van der Waals surface area contributed by atoms with E-state index in [0.29, 0.717) is 24.7 Å². The first-order chi connectivity index (χ1) is 8.79. The minimum absolute atomic E-state index is 0.339. The minimum Gasteiger partial charge on any atom is -0.372 e. The highest BCUT2D eigenvalue weighted by molar-refractivity contribution is 5.42. The second-order valence-electron chi connectivity index (χ2n) is 5.18. The predicted octanol–water partition coefficient (Wildman–Crippen LogP) is 1.95. The second-order valence-corrected chi connectivity index (χ2v) is 5.18. The molecule has 0 N–H and O–H groups in total. The summed E-state index contributed by atoms with van der Waals surface area (Å²) in [6, 6.07) is 4.55. The molecule has 1 saturated heterocycles. The van der Waals surface area contributed by atoms with Gasteiger partial charge < -0.3 is 9.64 Å². The smallest absolute Gasteiger partial charge is 0.151 e. The van der Waals surface area contributed by atoms with Crippen LogP contribution in [-0.4, -0.2) is 35.5 Å². The van der Waals surface area contributed by atoms with Gasteiger partial charge in [-0.3, -0.25) is 0 Å². The Hall–Kier alpha value is -1.42. The molecule has 2 bridgehead atoms. The number of fused-ring (bicyclic) bond motifs is 2. The van der Waals surface area contributed by atoms with E-state index < -0.39 is 0 Å². The van der Waals surface area contributed by atoms with Crippen LogP contribution in [0.5, 0.6) is 0 Å². The Morgan fingerprint density at radius 2 is 2.33 bits per heavy atom. The van der Waals surface area contributed by atoms with Crippen molar-refractivity contribution in [2.45, 2.75) is 31.9 Å². The summed E-state index contributed by atoms with van der Waals surface area (Å²) in [6.45, 7) is 7.37. The molecule has 0 spiro atoms. The van der Waals surface area contributed by atoms with E-state index in [1.807, 2.05) is 19.1 Å². The van der Waals surface area contributed by atoms with Gasteiger partial charge in [0.1, 0.15) is 0 Å². The number of piperidine rings is 1. The minimum atomic E-state index is 0.339. The molecule has 1 saturated carbocycles. The maximum absolute atomic E-state index is 5.91. The summed E-state index contributed by atoms with van der Waals surface area (Å²) in [4.78, 5) is 2.36. The van der Waals surface area contributed by atoms with E-state index in [2.05, 4.69) is 27.7 Å². The summed E-state index contributed by atoms with van der Waals surface area (Å²) in [5.41, 5.74) is 0.961. The number of aryl methyl sites for hydroxylation is 1. The van der Waals surface area contributed by atoms with Gasteiger partial charge in [0.25, 0.3) is 0 Å². The highest BCUT2D eigenvalue weighted by atomic mass is 16.5. The third-order valence-corrected chi connectivity index (χ3v) is 3.99. The van der Waals surface area contributed by atoms with Gasteiger partial charge in [-0.15, -0.1) is 11.7 Å². The molecule has 2 fully saturated rings. The Morgan fingerprint density at radius 1 is 1.44 bits per heavy atom. The molecular formula is C14H19N3O. The fourth-order valence-corrected chi connectivity index (χ4v) is 3.18. The van der Waals surface area contributed by atoms with Crippen LogP contribution < -0.4 is 4.90 Å². The lowest BCUT2D eigenvalue weighted by atomic mass is 10.1. The van der Waals surface area contributed by atoms with Crippen LogP contribution in [0.25, 0.3) is 0 Å². The van der Waals surface area contributed by atoms with Gasteiger partial charge in [0.15, 0.2) is 5.82 Å². The molecule has 3 unspecified atom stereocenters. The van der Waals surface area contributed by atoms with E-state index in [4.69, 9.17) is 4.74 Å². The average Bonchev–Trinajstić information content (AvgIpc) is 2.94. The number of rotatable bonds is 4. The lowest BCUT2D eigenvalue weighted by Crippen LogP contribution is -2.36. The maximum atomic E-state index is 5.91. The van der Waals surface area contributed by atoms with Crippen LogP contribution in [-0.2, 0) is 4.74 Å². The average molecular weight is 245 g/mol. The lowest BCUT2D eigenvalue weighted by molar-refractivity contribution is 0.0589. The van der Waals surface area contributed by atoms with Crippen molar-refractivity contribution in [3.8, 4) is 0 Å². The Morgan fingerprint density at radius 3 is 3.06 bits per heavy atom. The van der Waals surface area contributed by atoms with Gasteiger partial charge in [0.05, 0.1) is 24.4 Å². The van der Waals surface area contributed by atoms with Crippen molar-refractivity contribution in [1.29, 1.82) is 0 Å². The molecule has 18 heavy (non-hydrogen) atoms. The van der Waals surface area contributed by atoms with Gasteiger partial charge in [-0.25, -0.2) is 0 Å². The van der Waals surface area contributed by atoms with E-state index in [0.717, 1.165) is 18.1 Å². The Kier molecular flexibility index (Phi) is 3.04. The predicted molar refractivity (Wildman–Crippen MR) is 70.6 cm³/mol. The Balaban J connectivity index is 1.76. The number of hydrogen-bond acceptors (Lipinski definition) is 4. The van der Waals surface area contributed by atoms with Gasteiger partial charge in [-0.05, 0) is 31.9 Å². The van der Waals surface area contributed by atoms with E-state index in [1.54, 1.807) is 0 Å².